The molecule has 0 saturated carbocycles. The van der Waals surface area contributed by atoms with Crippen LogP contribution in [0.25, 0.3) is 0 Å². The summed E-state index contributed by atoms with van der Waals surface area (Å²) in [5.74, 6) is 0.0203. The first-order valence-electron chi connectivity index (χ1n) is 10.8. The quantitative estimate of drug-likeness (QED) is 0.586. The van der Waals surface area contributed by atoms with Crippen LogP contribution >= 0.6 is 0 Å². The Bertz CT molecular complexity index is 845. The number of benzene rings is 2. The minimum atomic E-state index is -4.34. The third kappa shape index (κ3) is 5.03. The molecule has 2 saturated heterocycles. The number of nitrogens with zero attached hydrogens (tertiary/aromatic N) is 2. The summed E-state index contributed by atoms with van der Waals surface area (Å²) < 4.78 is 54.0. The molecule has 2 atom stereocenters. The lowest BCUT2D eigenvalue weighted by molar-refractivity contribution is -0.137. The fourth-order valence-corrected chi connectivity index (χ4v) is 4.94. The molecule has 30 heavy (non-hydrogen) atoms. The SMILES string of the molecule is Fc1ccccc1CN1C[C@@H](CN2CCCCC2)[C@H](c2cccc(C(F)(F)F)c2)C1. The molecule has 0 aromatic heterocycles. The Kier molecular flexibility index (Phi) is 6.44. The van der Waals surface area contributed by atoms with Gasteiger partial charge in [-0.15, -0.1) is 0 Å². The Morgan fingerprint density at radius 2 is 1.63 bits per heavy atom. The van der Waals surface area contributed by atoms with Gasteiger partial charge in [0, 0.05) is 37.7 Å². The van der Waals surface area contributed by atoms with Crippen molar-refractivity contribution in [1.82, 2.24) is 9.80 Å². The van der Waals surface area contributed by atoms with Gasteiger partial charge in [-0.25, -0.2) is 4.39 Å². The van der Waals surface area contributed by atoms with Gasteiger partial charge in [-0.2, -0.15) is 13.2 Å². The van der Waals surface area contributed by atoms with Gasteiger partial charge in [0.25, 0.3) is 0 Å². The normalized spacial score (nSPS) is 23.7. The van der Waals surface area contributed by atoms with Crippen molar-refractivity contribution < 1.29 is 17.6 Å². The van der Waals surface area contributed by atoms with E-state index in [1.54, 1.807) is 12.1 Å². The first-order chi connectivity index (χ1) is 14.4. The predicted molar refractivity (Wildman–Crippen MR) is 110 cm³/mol. The average molecular weight is 420 g/mol. The maximum absolute atomic E-state index is 14.2. The van der Waals surface area contributed by atoms with Crippen LogP contribution < -0.4 is 0 Å². The molecule has 2 heterocycles. The van der Waals surface area contributed by atoms with E-state index in [4.69, 9.17) is 0 Å². The van der Waals surface area contributed by atoms with Gasteiger partial charge in [-0.3, -0.25) is 4.90 Å². The van der Waals surface area contributed by atoms with Crippen LogP contribution in [0.4, 0.5) is 17.6 Å². The summed E-state index contributed by atoms with van der Waals surface area (Å²) in [7, 11) is 0. The number of halogens is 4. The first-order valence-corrected chi connectivity index (χ1v) is 10.8. The molecule has 0 N–H and O–H groups in total. The third-order valence-electron chi connectivity index (χ3n) is 6.45. The molecule has 2 aliphatic heterocycles. The van der Waals surface area contributed by atoms with E-state index >= 15 is 0 Å². The van der Waals surface area contributed by atoms with Crippen molar-refractivity contribution in [1.29, 1.82) is 0 Å². The number of alkyl halides is 3. The Labute approximate surface area is 175 Å². The second kappa shape index (κ2) is 9.06. The summed E-state index contributed by atoms with van der Waals surface area (Å²) in [6.45, 7) is 4.89. The molecular formula is C24H28F4N2. The van der Waals surface area contributed by atoms with Crippen molar-refractivity contribution in [2.45, 2.75) is 37.9 Å². The van der Waals surface area contributed by atoms with Crippen LogP contribution in [-0.4, -0.2) is 42.5 Å². The van der Waals surface area contributed by atoms with Crippen LogP contribution in [0.2, 0.25) is 0 Å². The molecule has 2 aromatic rings. The Morgan fingerprint density at radius 1 is 0.867 bits per heavy atom. The molecule has 0 radical (unpaired) electrons. The maximum atomic E-state index is 14.2. The lowest BCUT2D eigenvalue weighted by atomic mass is 9.87. The van der Waals surface area contributed by atoms with Gasteiger partial charge in [-0.1, -0.05) is 42.8 Å². The van der Waals surface area contributed by atoms with E-state index in [-0.39, 0.29) is 17.7 Å². The van der Waals surface area contributed by atoms with E-state index in [9.17, 15) is 17.6 Å². The molecule has 4 rings (SSSR count). The topological polar surface area (TPSA) is 6.48 Å². The zero-order valence-electron chi connectivity index (χ0n) is 17.0. The summed E-state index contributed by atoms with van der Waals surface area (Å²) in [5, 5.41) is 0. The third-order valence-corrected chi connectivity index (χ3v) is 6.45. The predicted octanol–water partition coefficient (Wildman–Crippen LogP) is 5.55. The van der Waals surface area contributed by atoms with Crippen LogP contribution in [-0.2, 0) is 12.7 Å². The van der Waals surface area contributed by atoms with Crippen molar-refractivity contribution in [2.75, 3.05) is 32.7 Å². The van der Waals surface area contributed by atoms with Crippen LogP contribution in [0, 0.1) is 11.7 Å². The summed E-state index contributed by atoms with van der Waals surface area (Å²) in [6, 6.07) is 12.5. The lowest BCUT2D eigenvalue weighted by Gasteiger charge is -2.31. The van der Waals surface area contributed by atoms with Gasteiger partial charge in [-0.05, 0) is 49.5 Å². The molecular weight excluding hydrogens is 392 g/mol. The van der Waals surface area contributed by atoms with E-state index < -0.39 is 11.7 Å². The number of hydrogen-bond acceptors (Lipinski definition) is 2. The van der Waals surface area contributed by atoms with Gasteiger partial charge < -0.3 is 4.90 Å². The van der Waals surface area contributed by atoms with Crippen molar-refractivity contribution in [3.63, 3.8) is 0 Å². The highest BCUT2D eigenvalue weighted by molar-refractivity contribution is 5.30. The van der Waals surface area contributed by atoms with Crippen molar-refractivity contribution in [3.8, 4) is 0 Å². The van der Waals surface area contributed by atoms with Crippen molar-refractivity contribution in [2.24, 2.45) is 5.92 Å². The number of piperidine rings is 1. The zero-order valence-corrected chi connectivity index (χ0v) is 17.0. The summed E-state index contributed by atoms with van der Waals surface area (Å²) in [4.78, 5) is 4.64. The van der Waals surface area contributed by atoms with Gasteiger partial charge in [0.05, 0.1) is 5.56 Å². The Morgan fingerprint density at radius 3 is 2.37 bits per heavy atom. The molecule has 2 aliphatic rings. The first kappa shape index (κ1) is 21.3. The monoisotopic (exact) mass is 420 g/mol. The van der Waals surface area contributed by atoms with Crippen molar-refractivity contribution >= 4 is 0 Å². The second-order valence-corrected chi connectivity index (χ2v) is 8.64. The number of likely N-dealkylation sites (tertiary alicyclic amines) is 2. The standard InChI is InChI=1S/C24H28F4N2/c25-23-10-3-2-7-19(23)14-30-16-20(15-29-11-4-1-5-12-29)22(17-30)18-8-6-9-21(13-18)24(26,27)28/h2-3,6-10,13,20,22H,1,4-5,11-12,14-17H2/t20-,22+/m1/s1. The van der Waals surface area contributed by atoms with Crippen LogP contribution in [0.15, 0.2) is 48.5 Å². The van der Waals surface area contributed by atoms with E-state index in [1.807, 2.05) is 12.1 Å². The van der Waals surface area contributed by atoms with Gasteiger partial charge in [0.2, 0.25) is 0 Å². The molecule has 0 amide bonds. The zero-order chi connectivity index (χ0) is 21.1. The smallest absolute Gasteiger partial charge is 0.303 e. The van der Waals surface area contributed by atoms with E-state index in [1.165, 1.54) is 37.5 Å². The minimum Gasteiger partial charge on any atom is -0.303 e. The van der Waals surface area contributed by atoms with Crippen LogP contribution in [0.5, 0.6) is 0 Å². The van der Waals surface area contributed by atoms with Crippen LogP contribution in [0.3, 0.4) is 0 Å². The molecule has 6 heteroatoms. The molecule has 2 fully saturated rings. The second-order valence-electron chi connectivity index (χ2n) is 8.64. The lowest BCUT2D eigenvalue weighted by Crippen LogP contribution is -2.36. The van der Waals surface area contributed by atoms with Crippen molar-refractivity contribution in [3.05, 3.63) is 71.0 Å². The molecule has 0 bridgehead atoms. The summed E-state index contributed by atoms with van der Waals surface area (Å²) in [6.07, 6.45) is -0.735. The highest BCUT2D eigenvalue weighted by atomic mass is 19.4. The van der Waals surface area contributed by atoms with Gasteiger partial charge in [0.15, 0.2) is 0 Å². The largest absolute Gasteiger partial charge is 0.416 e. The summed E-state index contributed by atoms with van der Waals surface area (Å²) in [5.41, 5.74) is 0.783. The molecule has 2 aromatic carbocycles. The molecule has 0 spiro atoms. The van der Waals surface area contributed by atoms with E-state index in [0.29, 0.717) is 18.7 Å². The van der Waals surface area contributed by atoms with E-state index in [2.05, 4.69) is 9.80 Å². The highest BCUT2D eigenvalue weighted by Gasteiger charge is 2.37. The summed E-state index contributed by atoms with van der Waals surface area (Å²) >= 11 is 0. The Hall–Kier alpha value is -1.92. The fraction of sp³-hybridized carbons (Fsp3) is 0.500. The van der Waals surface area contributed by atoms with Crippen LogP contribution in [0.1, 0.15) is 41.9 Å². The van der Waals surface area contributed by atoms with Gasteiger partial charge >= 0.3 is 6.18 Å². The molecule has 2 nitrogen and oxygen atoms in total. The van der Waals surface area contributed by atoms with E-state index in [0.717, 1.165) is 37.8 Å². The average Bonchev–Trinajstić information content (AvgIpc) is 3.12. The number of rotatable bonds is 5. The molecule has 0 unspecified atom stereocenters. The van der Waals surface area contributed by atoms with Gasteiger partial charge in [0.1, 0.15) is 5.82 Å². The fourth-order valence-electron chi connectivity index (χ4n) is 4.94. The number of hydrogen-bond donors (Lipinski definition) is 0. The molecule has 0 aliphatic carbocycles. The maximum Gasteiger partial charge on any atom is 0.416 e. The Balaban J connectivity index is 1.55. The molecule has 162 valence electrons. The minimum absolute atomic E-state index is 0.0148. The highest BCUT2D eigenvalue weighted by Crippen LogP contribution is 2.37.